The van der Waals surface area contributed by atoms with E-state index in [0.29, 0.717) is 5.92 Å². The van der Waals surface area contributed by atoms with Crippen LogP contribution in [0.5, 0.6) is 0 Å². The van der Waals surface area contributed by atoms with Crippen molar-refractivity contribution < 1.29 is 8.78 Å². The van der Waals surface area contributed by atoms with Gasteiger partial charge in [-0.15, -0.1) is 0 Å². The number of alkyl halides is 1. The largest absolute Gasteiger partial charge is 0.206 e. The molecule has 1 aromatic rings. The first-order valence-electron chi connectivity index (χ1n) is 6.47. The van der Waals surface area contributed by atoms with Crippen LogP contribution in [-0.2, 0) is 0 Å². The molecule has 0 unspecified atom stereocenters. The van der Waals surface area contributed by atoms with Gasteiger partial charge in [0.15, 0.2) is 0 Å². The molecule has 0 radical (unpaired) electrons. The molecule has 2 rings (SSSR count). The summed E-state index contributed by atoms with van der Waals surface area (Å²) >= 11 is 8.78. The number of hydrogen-bond donors (Lipinski definition) is 0. The van der Waals surface area contributed by atoms with Crippen molar-refractivity contribution in [2.24, 2.45) is 5.92 Å². The molecule has 0 heterocycles. The minimum Gasteiger partial charge on any atom is -0.206 e. The van der Waals surface area contributed by atoms with E-state index in [9.17, 15) is 8.78 Å². The lowest BCUT2D eigenvalue weighted by Gasteiger charge is -2.27. The number of rotatable bonds is 3. The average molecular weight is 350 g/mol. The maximum Gasteiger partial charge on any atom is 0.144 e. The van der Waals surface area contributed by atoms with Crippen LogP contribution < -0.4 is 0 Å². The van der Waals surface area contributed by atoms with E-state index >= 15 is 0 Å². The third kappa shape index (κ3) is 3.57. The average Bonchev–Trinajstić information content (AvgIpc) is 2.46. The van der Waals surface area contributed by atoms with Gasteiger partial charge in [-0.05, 0) is 55.2 Å². The van der Waals surface area contributed by atoms with Gasteiger partial charge in [0.05, 0.1) is 0 Å². The molecule has 19 heavy (non-hydrogen) atoms. The highest BCUT2D eigenvalue weighted by atomic mass is 79.9. The predicted molar refractivity (Wildman–Crippen MR) is 79.8 cm³/mol. The van der Waals surface area contributed by atoms with Gasteiger partial charge in [0.2, 0.25) is 0 Å². The van der Waals surface area contributed by atoms with Crippen molar-refractivity contribution in [3.8, 4) is 0 Å². The summed E-state index contributed by atoms with van der Waals surface area (Å²) in [4.78, 5) is 0. The van der Waals surface area contributed by atoms with Crippen molar-refractivity contribution in [2.45, 2.75) is 31.6 Å². The van der Waals surface area contributed by atoms with Crippen LogP contribution >= 0.6 is 27.5 Å². The van der Waals surface area contributed by atoms with Gasteiger partial charge in [-0.1, -0.05) is 33.6 Å². The Morgan fingerprint density at radius 2 is 2.00 bits per heavy atom. The lowest BCUT2D eigenvalue weighted by molar-refractivity contribution is 0.353. The fourth-order valence-electron chi connectivity index (χ4n) is 2.69. The Labute approximate surface area is 126 Å². The van der Waals surface area contributed by atoms with E-state index in [1.807, 2.05) is 6.07 Å². The Morgan fingerprint density at radius 3 is 2.53 bits per heavy atom. The molecule has 0 N–H and O–H groups in total. The highest BCUT2D eigenvalue weighted by Crippen LogP contribution is 2.37. The molecule has 0 spiro atoms. The lowest BCUT2D eigenvalue weighted by atomic mass is 9.79. The van der Waals surface area contributed by atoms with Crippen LogP contribution in [0, 0.1) is 11.7 Å². The maximum atomic E-state index is 13.8. The second kappa shape index (κ2) is 6.85. The van der Waals surface area contributed by atoms with E-state index in [-0.39, 0.29) is 5.56 Å². The topological polar surface area (TPSA) is 0 Å². The zero-order chi connectivity index (χ0) is 13.8. The van der Waals surface area contributed by atoms with E-state index in [4.69, 9.17) is 11.6 Å². The smallest absolute Gasteiger partial charge is 0.144 e. The van der Waals surface area contributed by atoms with E-state index < -0.39 is 11.6 Å². The van der Waals surface area contributed by atoms with E-state index in [1.54, 1.807) is 0 Å². The van der Waals surface area contributed by atoms with Crippen molar-refractivity contribution in [3.63, 3.8) is 0 Å². The van der Waals surface area contributed by atoms with Crippen LogP contribution in [-0.4, -0.2) is 5.33 Å². The minimum atomic E-state index is -0.728. The Hall–Kier alpha value is -0.410. The van der Waals surface area contributed by atoms with Crippen LogP contribution in [0.25, 0.3) is 5.83 Å². The van der Waals surface area contributed by atoms with Crippen LogP contribution in [0.2, 0.25) is 0 Å². The van der Waals surface area contributed by atoms with E-state index in [2.05, 4.69) is 15.9 Å². The van der Waals surface area contributed by atoms with Crippen molar-refractivity contribution in [3.05, 3.63) is 40.7 Å². The molecule has 0 aromatic heterocycles. The summed E-state index contributed by atoms with van der Waals surface area (Å²) in [7, 11) is 0. The number of hydrogen-bond acceptors (Lipinski definition) is 0. The molecule has 0 bridgehead atoms. The molecule has 0 saturated heterocycles. The van der Waals surface area contributed by atoms with Gasteiger partial charge in [-0.2, -0.15) is 0 Å². The van der Waals surface area contributed by atoms with Crippen molar-refractivity contribution in [2.75, 3.05) is 5.33 Å². The minimum absolute atomic E-state index is 0.0621. The quantitative estimate of drug-likeness (QED) is 0.587. The summed E-state index contributed by atoms with van der Waals surface area (Å²) in [6.07, 6.45) is 4.47. The Balaban J connectivity index is 2.12. The molecule has 0 aliphatic heterocycles. The number of halogens is 4. The highest BCUT2D eigenvalue weighted by Gasteiger charge is 2.22. The summed E-state index contributed by atoms with van der Waals surface area (Å²) in [5, 5.41) is 1.04. The van der Waals surface area contributed by atoms with Gasteiger partial charge in [-0.3, -0.25) is 0 Å². The summed E-state index contributed by atoms with van der Waals surface area (Å²) in [6, 6.07) is 4.75. The molecule has 1 aliphatic rings. The Morgan fingerprint density at radius 1 is 1.32 bits per heavy atom. The van der Waals surface area contributed by atoms with Gasteiger partial charge >= 0.3 is 0 Å². The van der Waals surface area contributed by atoms with Gasteiger partial charge in [0.1, 0.15) is 11.6 Å². The molecule has 104 valence electrons. The standard InChI is InChI=1S/C15H16BrClF2/c16-8-10-1-3-11(4-2-10)12-5-6-13(14(18)7-12)15(19)9-17/h5-7,9-11H,1-4,8H2/b15-9-/t10-,11-. The molecular weight excluding hydrogens is 334 g/mol. The van der Waals surface area contributed by atoms with Crippen molar-refractivity contribution in [1.29, 1.82) is 0 Å². The normalized spacial score (nSPS) is 24.5. The molecule has 1 aromatic carbocycles. The monoisotopic (exact) mass is 348 g/mol. The molecular formula is C15H16BrClF2. The predicted octanol–water partition coefficient (Wildman–Crippen LogP) is 6.00. The Bertz CT molecular complexity index is 465. The summed E-state index contributed by atoms with van der Waals surface area (Å²) in [5.74, 6) is -0.137. The molecule has 4 heteroatoms. The SMILES string of the molecule is F/C(=C\Cl)c1ccc([C@H]2CC[C@H](CBr)CC2)cc1F. The first kappa shape index (κ1) is 15.0. The maximum absolute atomic E-state index is 13.8. The molecule has 1 fully saturated rings. The summed E-state index contributed by atoms with van der Waals surface area (Å²) in [5.41, 5.74) is 1.67. The van der Waals surface area contributed by atoms with Crippen LogP contribution in [0.15, 0.2) is 23.7 Å². The first-order valence-corrected chi connectivity index (χ1v) is 8.03. The molecule has 1 aliphatic carbocycles. The third-order valence-corrected chi connectivity index (χ3v) is 4.99. The fourth-order valence-corrected chi connectivity index (χ4v) is 3.45. The third-order valence-electron chi connectivity index (χ3n) is 3.88. The molecule has 0 amide bonds. The lowest BCUT2D eigenvalue weighted by Crippen LogP contribution is -2.14. The van der Waals surface area contributed by atoms with Crippen molar-refractivity contribution >= 4 is 33.4 Å². The first-order chi connectivity index (χ1) is 9.15. The van der Waals surface area contributed by atoms with Crippen LogP contribution in [0.3, 0.4) is 0 Å². The molecule has 0 atom stereocenters. The zero-order valence-electron chi connectivity index (χ0n) is 10.5. The number of benzene rings is 1. The van der Waals surface area contributed by atoms with Gasteiger partial charge in [0.25, 0.3) is 0 Å². The molecule has 0 nitrogen and oxygen atoms in total. The highest BCUT2D eigenvalue weighted by molar-refractivity contribution is 9.09. The van der Waals surface area contributed by atoms with E-state index in [1.165, 1.54) is 12.1 Å². The second-order valence-electron chi connectivity index (χ2n) is 5.07. The van der Waals surface area contributed by atoms with Crippen LogP contribution in [0.4, 0.5) is 8.78 Å². The Kier molecular flexibility index (Phi) is 5.40. The summed E-state index contributed by atoms with van der Waals surface area (Å²) < 4.78 is 27.1. The molecule has 1 saturated carbocycles. The second-order valence-corrected chi connectivity index (χ2v) is 5.93. The zero-order valence-corrected chi connectivity index (χ0v) is 12.9. The summed E-state index contributed by atoms with van der Waals surface area (Å²) in [6.45, 7) is 0. The van der Waals surface area contributed by atoms with Crippen molar-refractivity contribution in [1.82, 2.24) is 0 Å². The van der Waals surface area contributed by atoms with Gasteiger partial charge in [0, 0.05) is 16.4 Å². The van der Waals surface area contributed by atoms with Crippen LogP contribution in [0.1, 0.15) is 42.7 Å². The van der Waals surface area contributed by atoms with Gasteiger partial charge < -0.3 is 0 Å². The van der Waals surface area contributed by atoms with Gasteiger partial charge in [-0.25, -0.2) is 8.78 Å². The van der Waals surface area contributed by atoms with E-state index in [0.717, 1.165) is 48.0 Å². The fraction of sp³-hybridized carbons (Fsp3) is 0.467.